The Morgan fingerprint density at radius 2 is 2.00 bits per heavy atom. The third kappa shape index (κ3) is 4.38. The summed E-state index contributed by atoms with van der Waals surface area (Å²) in [6.07, 6.45) is 1.68. The minimum atomic E-state index is -0.466. The maximum atomic E-state index is 12.2. The summed E-state index contributed by atoms with van der Waals surface area (Å²) >= 11 is 1.47. The van der Waals surface area contributed by atoms with E-state index in [1.165, 1.54) is 16.9 Å². The molecule has 1 aliphatic heterocycles. The molecular formula is C23H19NO4S. The van der Waals surface area contributed by atoms with Crippen molar-refractivity contribution in [2.75, 3.05) is 7.11 Å². The molecule has 5 nitrogen and oxygen atoms in total. The van der Waals surface area contributed by atoms with Crippen molar-refractivity contribution in [3.05, 3.63) is 87.2 Å². The van der Waals surface area contributed by atoms with E-state index < -0.39 is 5.97 Å². The summed E-state index contributed by atoms with van der Waals surface area (Å²) in [5.41, 5.74) is 3.27. The van der Waals surface area contributed by atoms with Crippen LogP contribution in [0.2, 0.25) is 0 Å². The molecule has 0 N–H and O–H groups in total. The average molecular weight is 405 g/mol. The molecule has 0 saturated heterocycles. The highest BCUT2D eigenvalue weighted by Gasteiger charge is 2.24. The molecule has 0 atom stereocenters. The standard InChI is InChI=1S/C23H19NO4S/c1-15-5-3-6-17(11-15)14-27-20-13-16(8-9-19(20)26-2)12-18-23(25)28-22(24-18)21-7-4-10-29-21/h3-13H,14H2,1-2H3/b18-12+. The van der Waals surface area contributed by atoms with Crippen LogP contribution in [-0.4, -0.2) is 19.0 Å². The normalized spacial score (nSPS) is 14.6. The van der Waals surface area contributed by atoms with Crippen molar-refractivity contribution in [1.82, 2.24) is 0 Å². The molecule has 0 radical (unpaired) electrons. The lowest BCUT2D eigenvalue weighted by atomic mass is 10.1. The fourth-order valence-electron chi connectivity index (χ4n) is 2.93. The Kier molecular flexibility index (Phi) is 5.44. The van der Waals surface area contributed by atoms with Crippen LogP contribution in [0.1, 0.15) is 21.6 Å². The molecule has 29 heavy (non-hydrogen) atoms. The number of aryl methyl sites for hydroxylation is 1. The SMILES string of the molecule is COc1ccc(/C=C2/N=C(c3cccs3)OC2=O)cc1OCc1cccc(C)c1. The molecule has 0 unspecified atom stereocenters. The molecule has 2 heterocycles. The first kappa shape index (κ1) is 19.0. The number of cyclic esters (lactones) is 1. The molecule has 0 fully saturated rings. The minimum absolute atomic E-state index is 0.253. The van der Waals surface area contributed by atoms with Gasteiger partial charge in [0.05, 0.1) is 12.0 Å². The van der Waals surface area contributed by atoms with E-state index in [4.69, 9.17) is 14.2 Å². The highest BCUT2D eigenvalue weighted by molar-refractivity contribution is 7.12. The van der Waals surface area contributed by atoms with E-state index in [1.54, 1.807) is 13.2 Å². The van der Waals surface area contributed by atoms with Gasteiger partial charge in [0.25, 0.3) is 0 Å². The van der Waals surface area contributed by atoms with Crippen LogP contribution in [0.5, 0.6) is 11.5 Å². The third-order valence-electron chi connectivity index (χ3n) is 4.32. The van der Waals surface area contributed by atoms with E-state index in [1.807, 2.05) is 60.8 Å². The number of rotatable bonds is 6. The second-order valence-electron chi connectivity index (χ2n) is 6.50. The number of methoxy groups -OCH3 is 1. The summed E-state index contributed by atoms with van der Waals surface area (Å²) in [5.74, 6) is 1.08. The lowest BCUT2D eigenvalue weighted by molar-refractivity contribution is -0.129. The van der Waals surface area contributed by atoms with Gasteiger partial charge in [-0.1, -0.05) is 42.0 Å². The van der Waals surface area contributed by atoms with Gasteiger partial charge in [-0.3, -0.25) is 0 Å². The Labute approximate surface area is 172 Å². The van der Waals surface area contributed by atoms with Crippen LogP contribution in [-0.2, 0) is 16.1 Å². The first-order chi connectivity index (χ1) is 14.1. The highest BCUT2D eigenvalue weighted by atomic mass is 32.1. The summed E-state index contributed by atoms with van der Waals surface area (Å²) in [4.78, 5) is 17.3. The maximum Gasteiger partial charge on any atom is 0.363 e. The fraction of sp³-hybridized carbons (Fsp3) is 0.130. The largest absolute Gasteiger partial charge is 0.493 e. The molecule has 4 rings (SSSR count). The molecule has 6 heteroatoms. The van der Waals surface area contributed by atoms with Crippen molar-refractivity contribution < 1.29 is 19.0 Å². The first-order valence-electron chi connectivity index (χ1n) is 9.05. The molecule has 146 valence electrons. The van der Waals surface area contributed by atoms with Gasteiger partial charge in [0.2, 0.25) is 5.90 Å². The Morgan fingerprint density at radius 3 is 2.76 bits per heavy atom. The molecular weight excluding hydrogens is 386 g/mol. The zero-order chi connectivity index (χ0) is 20.2. The number of hydrogen-bond donors (Lipinski definition) is 0. The molecule has 1 aromatic heterocycles. The first-order valence-corrected chi connectivity index (χ1v) is 9.93. The Morgan fingerprint density at radius 1 is 1.10 bits per heavy atom. The molecule has 0 aliphatic carbocycles. The van der Waals surface area contributed by atoms with Gasteiger partial charge in [-0.15, -0.1) is 11.3 Å². The van der Waals surface area contributed by atoms with Gasteiger partial charge in [0.15, 0.2) is 17.2 Å². The third-order valence-corrected chi connectivity index (χ3v) is 5.18. The van der Waals surface area contributed by atoms with Crippen molar-refractivity contribution in [2.24, 2.45) is 4.99 Å². The van der Waals surface area contributed by atoms with E-state index in [0.717, 1.165) is 16.0 Å². The van der Waals surface area contributed by atoms with Crippen LogP contribution < -0.4 is 9.47 Å². The van der Waals surface area contributed by atoms with E-state index in [0.29, 0.717) is 24.0 Å². The Hall–Kier alpha value is -3.38. The van der Waals surface area contributed by atoms with Crippen molar-refractivity contribution in [3.63, 3.8) is 0 Å². The second kappa shape index (κ2) is 8.32. The predicted octanol–water partition coefficient (Wildman–Crippen LogP) is 4.99. The minimum Gasteiger partial charge on any atom is -0.493 e. The number of esters is 1. The van der Waals surface area contributed by atoms with Crippen LogP contribution in [0.3, 0.4) is 0 Å². The van der Waals surface area contributed by atoms with Gasteiger partial charge in [-0.2, -0.15) is 0 Å². The molecule has 0 bridgehead atoms. The number of benzene rings is 2. The quantitative estimate of drug-likeness (QED) is 0.428. The van der Waals surface area contributed by atoms with Gasteiger partial charge < -0.3 is 14.2 Å². The van der Waals surface area contributed by atoms with Gasteiger partial charge in [-0.05, 0) is 47.7 Å². The van der Waals surface area contributed by atoms with Crippen molar-refractivity contribution in [3.8, 4) is 11.5 Å². The Bertz CT molecular complexity index is 1100. The predicted molar refractivity (Wildman–Crippen MR) is 113 cm³/mol. The summed E-state index contributed by atoms with van der Waals surface area (Å²) in [7, 11) is 1.60. The van der Waals surface area contributed by atoms with E-state index in [9.17, 15) is 4.79 Å². The molecule has 2 aromatic carbocycles. The van der Waals surface area contributed by atoms with Crippen molar-refractivity contribution in [2.45, 2.75) is 13.5 Å². The molecule has 0 amide bonds. The van der Waals surface area contributed by atoms with Gasteiger partial charge in [0.1, 0.15) is 6.61 Å². The zero-order valence-electron chi connectivity index (χ0n) is 16.0. The van der Waals surface area contributed by atoms with Crippen LogP contribution >= 0.6 is 11.3 Å². The number of nitrogens with zero attached hydrogens (tertiary/aromatic N) is 1. The van der Waals surface area contributed by atoms with Crippen LogP contribution in [0.25, 0.3) is 6.08 Å². The molecule has 0 spiro atoms. The van der Waals surface area contributed by atoms with E-state index >= 15 is 0 Å². The number of aliphatic imine (C=N–C) groups is 1. The average Bonchev–Trinajstić information content (AvgIpc) is 3.37. The van der Waals surface area contributed by atoms with Gasteiger partial charge in [-0.25, -0.2) is 9.79 Å². The van der Waals surface area contributed by atoms with Gasteiger partial charge >= 0.3 is 5.97 Å². The van der Waals surface area contributed by atoms with E-state index in [2.05, 4.69) is 11.1 Å². The van der Waals surface area contributed by atoms with Crippen LogP contribution in [0.4, 0.5) is 0 Å². The molecule has 3 aromatic rings. The smallest absolute Gasteiger partial charge is 0.363 e. The second-order valence-corrected chi connectivity index (χ2v) is 7.45. The van der Waals surface area contributed by atoms with Crippen LogP contribution in [0.15, 0.2) is 70.7 Å². The number of ether oxygens (including phenoxy) is 3. The molecule has 0 saturated carbocycles. The maximum absolute atomic E-state index is 12.2. The summed E-state index contributed by atoms with van der Waals surface area (Å²) in [5, 5.41) is 1.91. The number of carbonyl (C=O) groups is 1. The summed E-state index contributed by atoms with van der Waals surface area (Å²) in [6, 6.07) is 17.4. The number of carbonyl (C=O) groups excluding carboxylic acids is 1. The summed E-state index contributed by atoms with van der Waals surface area (Å²) in [6.45, 7) is 2.46. The zero-order valence-corrected chi connectivity index (χ0v) is 16.9. The van der Waals surface area contributed by atoms with E-state index in [-0.39, 0.29) is 5.70 Å². The number of hydrogen-bond acceptors (Lipinski definition) is 6. The lowest BCUT2D eigenvalue weighted by Crippen LogP contribution is -2.03. The monoisotopic (exact) mass is 405 g/mol. The fourth-order valence-corrected chi connectivity index (χ4v) is 3.58. The summed E-state index contributed by atoms with van der Waals surface area (Å²) < 4.78 is 16.7. The Balaban J connectivity index is 1.57. The topological polar surface area (TPSA) is 57.1 Å². The molecule has 1 aliphatic rings. The van der Waals surface area contributed by atoms with Crippen molar-refractivity contribution in [1.29, 1.82) is 0 Å². The number of thiophene rings is 1. The van der Waals surface area contributed by atoms with Crippen molar-refractivity contribution >= 4 is 29.3 Å². The van der Waals surface area contributed by atoms with Gasteiger partial charge in [0, 0.05) is 0 Å². The van der Waals surface area contributed by atoms with Crippen LogP contribution in [0, 0.1) is 6.92 Å². The lowest BCUT2D eigenvalue weighted by Gasteiger charge is -2.12. The highest BCUT2D eigenvalue weighted by Crippen LogP contribution is 2.30.